The Bertz CT molecular complexity index is 1840. The predicted molar refractivity (Wildman–Crippen MR) is 178 cm³/mol. The summed E-state index contributed by atoms with van der Waals surface area (Å²) in [5.74, 6) is 1.24. The first-order valence-electron chi connectivity index (χ1n) is 16.0. The summed E-state index contributed by atoms with van der Waals surface area (Å²) < 4.78 is 5.61. The van der Waals surface area contributed by atoms with Crippen LogP contribution in [0.4, 0.5) is 0 Å². The summed E-state index contributed by atoms with van der Waals surface area (Å²) in [5, 5.41) is 6.13. The largest absolute Gasteiger partial charge is 0.338 e. The Labute approximate surface area is 246 Å². The lowest BCUT2D eigenvalue weighted by Gasteiger charge is -2.21. The molecular formula is C38H49N3. The van der Waals surface area contributed by atoms with E-state index in [4.69, 9.17) is 0 Å². The summed E-state index contributed by atoms with van der Waals surface area (Å²) in [6.07, 6.45) is 1.25. The second kappa shape index (κ2) is 8.63. The molecule has 0 radical (unpaired) electrons. The summed E-state index contributed by atoms with van der Waals surface area (Å²) in [4.78, 5) is 2.62. The number of hydrogen-bond donors (Lipinski definition) is 0. The van der Waals surface area contributed by atoms with Crippen molar-refractivity contribution in [3.8, 4) is 0 Å². The third-order valence-corrected chi connectivity index (χ3v) is 12.3. The highest BCUT2D eigenvalue weighted by molar-refractivity contribution is 6.27. The zero-order valence-electron chi connectivity index (χ0n) is 27.8. The Hall–Kier alpha value is -2.78. The van der Waals surface area contributed by atoms with Crippen LogP contribution in [0.1, 0.15) is 102 Å². The molecule has 4 unspecified atom stereocenters. The average molecular weight is 548 g/mol. The lowest BCUT2D eigenvalue weighted by Crippen LogP contribution is -2.17. The molecule has 4 heterocycles. The van der Waals surface area contributed by atoms with Crippen LogP contribution in [-0.4, -0.2) is 21.1 Å². The van der Waals surface area contributed by atoms with Crippen molar-refractivity contribution in [2.45, 2.75) is 115 Å². The Morgan fingerprint density at radius 3 is 1.15 bits per heavy atom. The van der Waals surface area contributed by atoms with Crippen LogP contribution in [-0.2, 0) is 13.1 Å². The lowest BCUT2D eigenvalue weighted by atomic mass is 9.87. The molecule has 2 aliphatic heterocycles. The summed E-state index contributed by atoms with van der Waals surface area (Å²) in [6.45, 7) is 31.0. The van der Waals surface area contributed by atoms with Crippen LogP contribution >= 0.6 is 0 Å². The first-order chi connectivity index (χ1) is 19.3. The highest BCUT2D eigenvalue weighted by Crippen LogP contribution is 2.55. The van der Waals surface area contributed by atoms with E-state index in [1.54, 1.807) is 21.9 Å². The Morgan fingerprint density at radius 1 is 0.439 bits per heavy atom. The molecule has 0 amide bonds. The van der Waals surface area contributed by atoms with E-state index in [0.717, 1.165) is 13.1 Å². The molecule has 4 atom stereocenters. The smallest absolute Gasteiger partial charge is 0.0743 e. The maximum Gasteiger partial charge on any atom is 0.0743 e. The standard InChI is InChI=1S/C38H49N3/c1-17-14-18(2)16-41-36-26(10)22(6)20(4)24(8)30(36)34-32-28(12)39(13)27(11)31(32)33-29-23(7)19(3)21(5)25(9)35(29)40(15-17)37(33)38(34)41/h17-18,27-28H,14-16H2,1-13H3. The normalized spacial score (nSPS) is 23.3. The average Bonchev–Trinajstić information content (AvgIpc) is 3.51. The summed E-state index contributed by atoms with van der Waals surface area (Å²) in [7, 11) is 2.35. The van der Waals surface area contributed by atoms with Crippen LogP contribution in [0.15, 0.2) is 0 Å². The van der Waals surface area contributed by atoms with Gasteiger partial charge >= 0.3 is 0 Å². The van der Waals surface area contributed by atoms with E-state index in [0.29, 0.717) is 23.9 Å². The molecule has 2 aliphatic rings. The number of hydrogen-bond acceptors (Lipinski definition) is 1. The van der Waals surface area contributed by atoms with E-state index in [1.807, 2.05) is 0 Å². The minimum absolute atomic E-state index is 0.375. The van der Waals surface area contributed by atoms with Crippen molar-refractivity contribution in [1.29, 1.82) is 0 Å². The fourth-order valence-electron chi connectivity index (χ4n) is 9.32. The van der Waals surface area contributed by atoms with Gasteiger partial charge in [-0.3, -0.25) is 4.90 Å². The van der Waals surface area contributed by atoms with Crippen LogP contribution in [0.2, 0.25) is 0 Å². The first kappa shape index (κ1) is 27.1. The maximum absolute atomic E-state index is 2.81. The monoisotopic (exact) mass is 547 g/mol. The second-order valence-corrected chi connectivity index (χ2v) is 14.4. The van der Waals surface area contributed by atoms with Gasteiger partial charge in [-0.15, -0.1) is 0 Å². The van der Waals surface area contributed by atoms with Crippen LogP contribution in [0.5, 0.6) is 0 Å². The van der Waals surface area contributed by atoms with Gasteiger partial charge in [-0.25, -0.2) is 0 Å². The van der Waals surface area contributed by atoms with E-state index in [-0.39, 0.29) is 0 Å². The number of nitrogens with zero attached hydrogens (tertiary/aromatic N) is 3. The molecule has 3 aromatic carbocycles. The molecule has 0 aliphatic carbocycles. The van der Waals surface area contributed by atoms with Crippen molar-refractivity contribution in [1.82, 2.24) is 14.0 Å². The van der Waals surface area contributed by atoms with Gasteiger partial charge in [-0.05, 0) is 150 Å². The minimum atomic E-state index is 0.375. The van der Waals surface area contributed by atoms with Crippen molar-refractivity contribution in [3.63, 3.8) is 0 Å². The van der Waals surface area contributed by atoms with E-state index in [9.17, 15) is 0 Å². The molecule has 0 spiro atoms. The van der Waals surface area contributed by atoms with E-state index in [2.05, 4.69) is 104 Å². The molecule has 0 saturated carbocycles. The van der Waals surface area contributed by atoms with Gasteiger partial charge in [0.2, 0.25) is 0 Å². The fraction of sp³-hybridized carbons (Fsp3) is 0.526. The fourth-order valence-corrected chi connectivity index (χ4v) is 9.32. The van der Waals surface area contributed by atoms with Crippen molar-refractivity contribution >= 4 is 43.6 Å². The molecule has 2 aromatic heterocycles. The summed E-state index contributed by atoms with van der Waals surface area (Å²) in [5.41, 5.74) is 20.9. The van der Waals surface area contributed by atoms with Crippen LogP contribution in [0.25, 0.3) is 43.6 Å². The van der Waals surface area contributed by atoms with Gasteiger partial charge < -0.3 is 9.13 Å². The third-order valence-electron chi connectivity index (χ3n) is 12.3. The molecule has 41 heavy (non-hydrogen) atoms. The molecule has 5 aromatic rings. The van der Waals surface area contributed by atoms with Gasteiger partial charge in [0, 0.05) is 46.7 Å². The Morgan fingerprint density at radius 2 is 0.780 bits per heavy atom. The molecule has 0 fully saturated rings. The van der Waals surface area contributed by atoms with Crippen molar-refractivity contribution in [2.75, 3.05) is 7.05 Å². The highest BCUT2D eigenvalue weighted by Gasteiger charge is 2.39. The van der Waals surface area contributed by atoms with Gasteiger partial charge in [0.05, 0.1) is 22.1 Å². The van der Waals surface area contributed by atoms with Crippen LogP contribution in [0.3, 0.4) is 0 Å². The molecule has 3 heteroatoms. The summed E-state index contributed by atoms with van der Waals surface area (Å²) >= 11 is 0. The summed E-state index contributed by atoms with van der Waals surface area (Å²) in [6, 6.07) is 0.750. The number of benzene rings is 3. The molecule has 3 nitrogen and oxygen atoms in total. The third kappa shape index (κ3) is 3.14. The molecular weight excluding hydrogens is 498 g/mol. The minimum Gasteiger partial charge on any atom is -0.338 e. The zero-order chi connectivity index (χ0) is 29.6. The quantitative estimate of drug-likeness (QED) is 0.188. The molecule has 0 N–H and O–H groups in total. The van der Waals surface area contributed by atoms with E-state index in [1.165, 1.54) is 83.8 Å². The second-order valence-electron chi connectivity index (χ2n) is 14.4. The van der Waals surface area contributed by atoms with Crippen molar-refractivity contribution < 1.29 is 0 Å². The van der Waals surface area contributed by atoms with Crippen LogP contribution in [0, 0.1) is 67.2 Å². The van der Waals surface area contributed by atoms with Gasteiger partial charge in [0.1, 0.15) is 0 Å². The van der Waals surface area contributed by atoms with E-state index >= 15 is 0 Å². The first-order valence-corrected chi connectivity index (χ1v) is 16.0. The number of rotatable bonds is 0. The molecule has 7 rings (SSSR count). The molecule has 0 bridgehead atoms. The van der Waals surface area contributed by atoms with E-state index < -0.39 is 0 Å². The van der Waals surface area contributed by atoms with Crippen molar-refractivity contribution in [2.24, 2.45) is 11.8 Å². The number of fused-ring (bicyclic) bond motifs is 9. The van der Waals surface area contributed by atoms with Crippen molar-refractivity contribution in [3.05, 3.63) is 55.6 Å². The predicted octanol–water partition coefficient (Wildman–Crippen LogP) is 10.1. The Kier molecular flexibility index (Phi) is 5.70. The number of aryl methyl sites for hydroxylation is 4. The van der Waals surface area contributed by atoms with Gasteiger partial charge in [-0.1, -0.05) is 13.8 Å². The Balaban J connectivity index is 1.93. The SMILES string of the molecule is Cc1c(C)c(C)c2c(c1C)c1c3c(c4c5c(C)c(C)c(C)c(C)c5n5c4c1n2CC(C)CC(C)C5)C(C)N(C)C3C. The molecule has 0 saturated heterocycles. The van der Waals surface area contributed by atoms with Gasteiger partial charge in [0.15, 0.2) is 0 Å². The highest BCUT2D eigenvalue weighted by atomic mass is 15.2. The topological polar surface area (TPSA) is 13.1 Å². The van der Waals surface area contributed by atoms with Gasteiger partial charge in [0.25, 0.3) is 0 Å². The molecule has 216 valence electrons. The zero-order valence-corrected chi connectivity index (χ0v) is 27.8. The maximum atomic E-state index is 2.81. The van der Waals surface area contributed by atoms with Crippen LogP contribution < -0.4 is 0 Å². The van der Waals surface area contributed by atoms with Gasteiger partial charge in [-0.2, -0.15) is 0 Å². The number of aromatic nitrogens is 2. The lowest BCUT2D eigenvalue weighted by molar-refractivity contribution is 0.234.